The van der Waals surface area contributed by atoms with Crippen molar-refractivity contribution >= 4 is 23.4 Å². The maximum atomic E-state index is 11.7. The fraction of sp³-hybridized carbons (Fsp3) is 0.333. The molecule has 0 saturated carbocycles. The second-order valence-corrected chi connectivity index (χ2v) is 5.69. The van der Waals surface area contributed by atoms with Gasteiger partial charge < -0.3 is 5.73 Å². The molecular formula is C12H15ClN4OS. The molecule has 0 aliphatic carbocycles. The lowest BCUT2D eigenvalue weighted by Gasteiger charge is -2.11. The predicted octanol–water partition coefficient (Wildman–Crippen LogP) is 2.42. The molecule has 2 aromatic rings. The van der Waals surface area contributed by atoms with Gasteiger partial charge in [0.05, 0.1) is 5.02 Å². The van der Waals surface area contributed by atoms with Gasteiger partial charge in [-0.3, -0.25) is 4.57 Å². The zero-order chi connectivity index (χ0) is 14.0. The van der Waals surface area contributed by atoms with E-state index in [9.17, 15) is 4.79 Å². The molecule has 3 N–H and O–H groups in total. The summed E-state index contributed by atoms with van der Waals surface area (Å²) in [5.41, 5.74) is 6.42. The van der Waals surface area contributed by atoms with Gasteiger partial charge in [-0.2, -0.15) is 0 Å². The maximum Gasteiger partial charge on any atom is 0.344 e. The zero-order valence-electron chi connectivity index (χ0n) is 10.7. The van der Waals surface area contributed by atoms with E-state index in [2.05, 4.69) is 10.2 Å². The summed E-state index contributed by atoms with van der Waals surface area (Å²) in [6, 6.07) is 5.60. The van der Waals surface area contributed by atoms with Crippen LogP contribution in [0.3, 0.4) is 0 Å². The molecule has 0 aliphatic heterocycles. The number of nitrogens with zero attached hydrogens (tertiary/aromatic N) is 2. The highest BCUT2D eigenvalue weighted by atomic mass is 35.5. The number of aromatic nitrogens is 3. The van der Waals surface area contributed by atoms with E-state index < -0.39 is 0 Å². The number of hydrogen-bond donors (Lipinski definition) is 2. The Morgan fingerprint density at radius 1 is 1.53 bits per heavy atom. The van der Waals surface area contributed by atoms with Crippen LogP contribution in [0.15, 0.2) is 33.0 Å². The van der Waals surface area contributed by atoms with Crippen LogP contribution in [-0.4, -0.2) is 14.8 Å². The molecule has 1 aromatic heterocycles. The van der Waals surface area contributed by atoms with Crippen molar-refractivity contribution < 1.29 is 0 Å². The van der Waals surface area contributed by atoms with Gasteiger partial charge in [0.25, 0.3) is 0 Å². The SMILES string of the molecule is CC(C)n1c(Sc2c(Cl)cccc2CN)n[nH]c1=O. The molecular weight excluding hydrogens is 284 g/mol. The van der Waals surface area contributed by atoms with Gasteiger partial charge in [-0.1, -0.05) is 23.7 Å². The Morgan fingerprint density at radius 3 is 2.89 bits per heavy atom. The molecule has 2 rings (SSSR count). The van der Waals surface area contributed by atoms with E-state index in [1.165, 1.54) is 11.8 Å². The topological polar surface area (TPSA) is 76.7 Å². The molecule has 7 heteroatoms. The quantitative estimate of drug-likeness (QED) is 0.909. The Labute approximate surface area is 120 Å². The van der Waals surface area contributed by atoms with Gasteiger partial charge in [-0.25, -0.2) is 9.89 Å². The molecule has 0 unspecified atom stereocenters. The molecule has 1 heterocycles. The Hall–Kier alpha value is -1.24. The number of nitrogens with one attached hydrogen (secondary N) is 1. The van der Waals surface area contributed by atoms with E-state index in [4.69, 9.17) is 17.3 Å². The standard InChI is InChI=1S/C12H15ClN4OS/c1-7(2)17-11(18)15-16-12(17)19-10-8(6-14)4-3-5-9(10)13/h3-5,7H,6,14H2,1-2H3,(H,15,18). The lowest BCUT2D eigenvalue weighted by Crippen LogP contribution is -2.19. The van der Waals surface area contributed by atoms with Crippen LogP contribution in [-0.2, 0) is 6.54 Å². The molecule has 0 aliphatic rings. The summed E-state index contributed by atoms with van der Waals surface area (Å²) in [6.07, 6.45) is 0. The molecule has 0 amide bonds. The number of rotatable bonds is 4. The van der Waals surface area contributed by atoms with Crippen LogP contribution >= 0.6 is 23.4 Å². The summed E-state index contributed by atoms with van der Waals surface area (Å²) in [5.74, 6) is 0. The Balaban J connectivity index is 2.45. The summed E-state index contributed by atoms with van der Waals surface area (Å²) < 4.78 is 1.59. The van der Waals surface area contributed by atoms with Crippen molar-refractivity contribution in [2.45, 2.75) is 36.5 Å². The number of nitrogens with two attached hydrogens (primary N) is 1. The zero-order valence-corrected chi connectivity index (χ0v) is 12.3. The first kappa shape index (κ1) is 14.2. The lowest BCUT2D eigenvalue weighted by molar-refractivity contribution is 0.534. The molecule has 0 saturated heterocycles. The van der Waals surface area contributed by atoms with E-state index in [-0.39, 0.29) is 11.7 Å². The van der Waals surface area contributed by atoms with E-state index in [0.717, 1.165) is 10.5 Å². The van der Waals surface area contributed by atoms with Gasteiger partial charge >= 0.3 is 5.69 Å². The highest BCUT2D eigenvalue weighted by molar-refractivity contribution is 7.99. The summed E-state index contributed by atoms with van der Waals surface area (Å²) in [6.45, 7) is 4.24. The van der Waals surface area contributed by atoms with Gasteiger partial charge in [0.2, 0.25) is 0 Å². The Kier molecular flexibility index (Phi) is 4.34. The largest absolute Gasteiger partial charge is 0.344 e. The summed E-state index contributed by atoms with van der Waals surface area (Å²) in [7, 11) is 0. The number of halogens is 1. The second-order valence-electron chi connectivity index (χ2n) is 4.31. The van der Waals surface area contributed by atoms with E-state index >= 15 is 0 Å². The van der Waals surface area contributed by atoms with Crippen molar-refractivity contribution in [3.8, 4) is 0 Å². The monoisotopic (exact) mass is 298 g/mol. The van der Waals surface area contributed by atoms with Crippen molar-refractivity contribution in [3.05, 3.63) is 39.3 Å². The van der Waals surface area contributed by atoms with Gasteiger partial charge in [-0.15, -0.1) is 5.10 Å². The number of H-pyrrole nitrogens is 1. The molecule has 102 valence electrons. The van der Waals surface area contributed by atoms with Crippen LogP contribution in [0.1, 0.15) is 25.5 Å². The molecule has 1 aromatic carbocycles. The molecule has 0 radical (unpaired) electrons. The first-order valence-electron chi connectivity index (χ1n) is 5.86. The Morgan fingerprint density at radius 2 is 2.26 bits per heavy atom. The minimum Gasteiger partial charge on any atom is -0.326 e. The van der Waals surface area contributed by atoms with Crippen LogP contribution < -0.4 is 11.4 Å². The number of aromatic amines is 1. The average molecular weight is 299 g/mol. The van der Waals surface area contributed by atoms with Crippen LogP contribution in [0.25, 0.3) is 0 Å². The smallest absolute Gasteiger partial charge is 0.326 e. The van der Waals surface area contributed by atoms with Crippen LogP contribution in [0.5, 0.6) is 0 Å². The predicted molar refractivity (Wildman–Crippen MR) is 76.7 cm³/mol. The minimum atomic E-state index is -0.223. The molecule has 0 fully saturated rings. The average Bonchev–Trinajstić information content (AvgIpc) is 2.73. The van der Waals surface area contributed by atoms with Gasteiger partial charge in [-0.05, 0) is 37.2 Å². The number of benzene rings is 1. The second kappa shape index (κ2) is 5.81. The highest BCUT2D eigenvalue weighted by Crippen LogP contribution is 2.35. The van der Waals surface area contributed by atoms with Crippen molar-refractivity contribution in [1.82, 2.24) is 14.8 Å². The third-order valence-corrected chi connectivity index (χ3v) is 4.23. The molecule has 5 nitrogen and oxygen atoms in total. The lowest BCUT2D eigenvalue weighted by atomic mass is 10.2. The van der Waals surface area contributed by atoms with Crippen molar-refractivity contribution in [1.29, 1.82) is 0 Å². The van der Waals surface area contributed by atoms with Crippen LogP contribution in [0.4, 0.5) is 0 Å². The van der Waals surface area contributed by atoms with Crippen molar-refractivity contribution in [2.24, 2.45) is 5.73 Å². The summed E-state index contributed by atoms with van der Waals surface area (Å²) >= 11 is 7.54. The first-order chi connectivity index (χ1) is 9.04. The molecule has 0 bridgehead atoms. The number of hydrogen-bond acceptors (Lipinski definition) is 4. The van der Waals surface area contributed by atoms with Gasteiger partial charge in [0.1, 0.15) is 0 Å². The summed E-state index contributed by atoms with van der Waals surface area (Å²) in [4.78, 5) is 12.5. The third kappa shape index (κ3) is 2.86. The maximum absolute atomic E-state index is 11.7. The fourth-order valence-electron chi connectivity index (χ4n) is 1.74. The van der Waals surface area contributed by atoms with Gasteiger partial charge in [0, 0.05) is 17.5 Å². The first-order valence-corrected chi connectivity index (χ1v) is 7.06. The normalized spacial score (nSPS) is 11.2. The minimum absolute atomic E-state index is 0.0255. The summed E-state index contributed by atoms with van der Waals surface area (Å²) in [5, 5.41) is 7.69. The van der Waals surface area contributed by atoms with Crippen molar-refractivity contribution in [2.75, 3.05) is 0 Å². The highest BCUT2D eigenvalue weighted by Gasteiger charge is 2.16. The Bertz CT molecular complexity index is 635. The molecule has 0 spiro atoms. The third-order valence-electron chi connectivity index (χ3n) is 2.65. The van der Waals surface area contributed by atoms with E-state index in [0.29, 0.717) is 16.7 Å². The molecule has 19 heavy (non-hydrogen) atoms. The van der Waals surface area contributed by atoms with E-state index in [1.807, 2.05) is 26.0 Å². The van der Waals surface area contributed by atoms with Crippen molar-refractivity contribution in [3.63, 3.8) is 0 Å². The van der Waals surface area contributed by atoms with Crippen LogP contribution in [0, 0.1) is 0 Å². The van der Waals surface area contributed by atoms with E-state index in [1.54, 1.807) is 10.6 Å². The fourth-order valence-corrected chi connectivity index (χ4v) is 3.16. The van der Waals surface area contributed by atoms with Gasteiger partial charge in [0.15, 0.2) is 5.16 Å². The molecule has 0 atom stereocenters. The van der Waals surface area contributed by atoms with Crippen LogP contribution in [0.2, 0.25) is 5.02 Å².